The van der Waals surface area contributed by atoms with Gasteiger partial charge in [-0.2, -0.15) is 0 Å². The Morgan fingerprint density at radius 1 is 1.31 bits per heavy atom. The van der Waals surface area contributed by atoms with E-state index in [2.05, 4.69) is 4.98 Å². The monoisotopic (exact) mass is 382 g/mol. The molecule has 0 aliphatic carbocycles. The number of amides is 1. The van der Waals surface area contributed by atoms with Gasteiger partial charge in [-0.05, 0) is 19.8 Å². The summed E-state index contributed by atoms with van der Waals surface area (Å²) in [5, 5.41) is 0. The van der Waals surface area contributed by atoms with Crippen molar-refractivity contribution in [1.82, 2.24) is 14.3 Å². The van der Waals surface area contributed by atoms with Crippen molar-refractivity contribution in [2.24, 2.45) is 0 Å². The highest BCUT2D eigenvalue weighted by molar-refractivity contribution is 7.88. The molecule has 3 rings (SSSR count). The lowest BCUT2D eigenvalue weighted by molar-refractivity contribution is -0.117. The molecule has 1 unspecified atom stereocenters. The van der Waals surface area contributed by atoms with Crippen molar-refractivity contribution in [1.29, 1.82) is 0 Å². The molecule has 1 fully saturated rings. The quantitative estimate of drug-likeness (QED) is 0.742. The Morgan fingerprint density at radius 3 is 2.69 bits per heavy atom. The largest absolute Gasteiger partial charge is 0.383 e. The Morgan fingerprint density at radius 2 is 2.04 bits per heavy atom. The number of carbonyl (C=O) groups excluding carboxylic acids is 1. The van der Waals surface area contributed by atoms with Crippen LogP contribution in [-0.4, -0.2) is 68.2 Å². The maximum atomic E-state index is 12.4. The van der Waals surface area contributed by atoms with E-state index in [0.29, 0.717) is 44.3 Å². The van der Waals surface area contributed by atoms with E-state index in [1.54, 1.807) is 12.0 Å². The van der Waals surface area contributed by atoms with Crippen LogP contribution in [0.5, 0.6) is 0 Å². The molecule has 0 aromatic carbocycles. The fourth-order valence-electron chi connectivity index (χ4n) is 3.72. The lowest BCUT2D eigenvalue weighted by atomic mass is 9.81. The molecule has 0 bridgehead atoms. The van der Waals surface area contributed by atoms with Gasteiger partial charge in [0.15, 0.2) is 0 Å². The average molecular weight is 382 g/mol. The van der Waals surface area contributed by atoms with Crippen molar-refractivity contribution in [3.05, 3.63) is 17.1 Å². The Balaban J connectivity index is 1.98. The number of hydrogen-bond donors (Lipinski definition) is 0. The molecule has 1 aromatic heterocycles. The number of rotatable bonds is 5. The second-order valence-corrected chi connectivity index (χ2v) is 9.39. The van der Waals surface area contributed by atoms with Gasteiger partial charge < -0.3 is 4.74 Å². The molecule has 1 atom stereocenters. The van der Waals surface area contributed by atoms with Gasteiger partial charge in [0, 0.05) is 36.9 Å². The van der Waals surface area contributed by atoms with E-state index in [0.717, 1.165) is 24.1 Å². The highest BCUT2D eigenvalue weighted by Crippen LogP contribution is 2.36. The smallest absolute Gasteiger partial charge is 0.232 e. The lowest BCUT2D eigenvalue weighted by Crippen LogP contribution is -2.47. The van der Waals surface area contributed by atoms with Crippen molar-refractivity contribution >= 4 is 21.7 Å². The Kier molecular flexibility index (Phi) is 5.06. The molecule has 26 heavy (non-hydrogen) atoms. The van der Waals surface area contributed by atoms with Crippen LogP contribution in [0.15, 0.2) is 0 Å². The van der Waals surface area contributed by atoms with Crippen LogP contribution < -0.4 is 4.90 Å². The Hall–Kier alpha value is -1.58. The third kappa shape index (κ3) is 3.47. The van der Waals surface area contributed by atoms with Crippen LogP contribution in [0.1, 0.15) is 36.8 Å². The highest BCUT2D eigenvalue weighted by atomic mass is 32.2. The first-order valence-corrected chi connectivity index (χ1v) is 10.6. The first-order valence-electron chi connectivity index (χ1n) is 8.78. The summed E-state index contributed by atoms with van der Waals surface area (Å²) in [6.45, 7) is 5.65. The van der Waals surface area contributed by atoms with Gasteiger partial charge in [0.2, 0.25) is 15.9 Å². The molecule has 8 nitrogen and oxygen atoms in total. The van der Waals surface area contributed by atoms with Gasteiger partial charge >= 0.3 is 0 Å². The fourth-order valence-corrected chi connectivity index (χ4v) is 4.70. The van der Waals surface area contributed by atoms with Crippen molar-refractivity contribution in [3.63, 3.8) is 0 Å². The van der Waals surface area contributed by atoms with E-state index in [1.807, 2.05) is 13.8 Å². The fraction of sp³-hybridized carbons (Fsp3) is 0.706. The topological polar surface area (TPSA) is 92.7 Å². The van der Waals surface area contributed by atoms with Gasteiger partial charge in [-0.25, -0.2) is 22.7 Å². The van der Waals surface area contributed by atoms with E-state index >= 15 is 0 Å². The van der Waals surface area contributed by atoms with E-state index in [-0.39, 0.29) is 5.91 Å². The number of anilines is 1. The van der Waals surface area contributed by atoms with Gasteiger partial charge in [-0.15, -0.1) is 0 Å². The third-order valence-corrected chi connectivity index (χ3v) is 6.52. The van der Waals surface area contributed by atoms with Crippen molar-refractivity contribution in [2.75, 3.05) is 44.5 Å². The molecule has 2 aliphatic heterocycles. The molecular formula is C17H26N4O4S. The standard InChI is InChI=1S/C17H26N4O4S/c1-12-13-10-14(22)21(8-9-25-3)15(13)19-16(18-12)17(2)6-5-7-20(11-17)26(4,23)24/h5-11H2,1-4H3. The zero-order valence-corrected chi connectivity index (χ0v) is 16.6. The summed E-state index contributed by atoms with van der Waals surface area (Å²) >= 11 is 0. The van der Waals surface area contributed by atoms with Gasteiger partial charge in [0.1, 0.15) is 11.6 Å². The first kappa shape index (κ1) is 19.2. The second kappa shape index (κ2) is 6.86. The SMILES string of the molecule is COCCN1C(=O)Cc2c(C)nc(C3(C)CCCN(S(C)(=O)=O)C3)nc21. The Bertz CT molecular complexity index is 826. The molecule has 3 heterocycles. The van der Waals surface area contributed by atoms with Crippen LogP contribution in [0.2, 0.25) is 0 Å². The second-order valence-electron chi connectivity index (χ2n) is 7.41. The van der Waals surface area contributed by atoms with Crippen molar-refractivity contribution < 1.29 is 17.9 Å². The number of piperidine rings is 1. The number of fused-ring (bicyclic) bond motifs is 1. The molecule has 1 amide bonds. The van der Waals surface area contributed by atoms with Crippen molar-refractivity contribution in [2.45, 2.75) is 38.5 Å². The number of carbonyl (C=O) groups is 1. The van der Waals surface area contributed by atoms with Gasteiger partial charge in [-0.3, -0.25) is 9.69 Å². The zero-order chi connectivity index (χ0) is 19.1. The molecule has 0 radical (unpaired) electrons. The van der Waals surface area contributed by atoms with Crippen LogP contribution >= 0.6 is 0 Å². The van der Waals surface area contributed by atoms with Gasteiger partial charge in [0.25, 0.3) is 0 Å². The molecule has 0 N–H and O–H groups in total. The van der Waals surface area contributed by atoms with Crippen LogP contribution in [0.3, 0.4) is 0 Å². The third-order valence-electron chi connectivity index (χ3n) is 5.27. The molecule has 0 spiro atoms. The van der Waals surface area contributed by atoms with Crippen LogP contribution in [0.4, 0.5) is 5.82 Å². The minimum atomic E-state index is -3.26. The number of nitrogens with zero attached hydrogens (tertiary/aromatic N) is 4. The van der Waals surface area contributed by atoms with E-state index in [4.69, 9.17) is 9.72 Å². The maximum Gasteiger partial charge on any atom is 0.232 e. The lowest BCUT2D eigenvalue weighted by Gasteiger charge is -2.38. The molecule has 1 saturated heterocycles. The highest BCUT2D eigenvalue weighted by Gasteiger charge is 2.40. The summed E-state index contributed by atoms with van der Waals surface area (Å²) in [7, 11) is -1.66. The van der Waals surface area contributed by atoms with Crippen molar-refractivity contribution in [3.8, 4) is 0 Å². The molecule has 9 heteroatoms. The zero-order valence-electron chi connectivity index (χ0n) is 15.8. The minimum Gasteiger partial charge on any atom is -0.383 e. The summed E-state index contributed by atoms with van der Waals surface area (Å²) in [4.78, 5) is 23.4. The molecule has 144 valence electrons. The number of sulfonamides is 1. The van der Waals surface area contributed by atoms with E-state index < -0.39 is 15.4 Å². The van der Waals surface area contributed by atoms with E-state index in [9.17, 15) is 13.2 Å². The summed E-state index contributed by atoms with van der Waals surface area (Å²) in [6, 6.07) is 0. The maximum absolute atomic E-state index is 12.4. The number of aryl methyl sites for hydroxylation is 1. The van der Waals surface area contributed by atoms with Crippen LogP contribution in [-0.2, 0) is 31.4 Å². The van der Waals surface area contributed by atoms with Crippen LogP contribution in [0, 0.1) is 6.92 Å². The molecular weight excluding hydrogens is 356 g/mol. The number of aromatic nitrogens is 2. The number of methoxy groups -OCH3 is 1. The summed E-state index contributed by atoms with van der Waals surface area (Å²) in [5.74, 6) is 1.25. The average Bonchev–Trinajstić information content (AvgIpc) is 2.88. The normalized spacial score (nSPS) is 24.2. The predicted octanol–water partition coefficient (Wildman–Crippen LogP) is 0.634. The number of ether oxygens (including phenoxy) is 1. The summed E-state index contributed by atoms with van der Waals surface area (Å²) in [5.41, 5.74) is 1.17. The van der Waals surface area contributed by atoms with Crippen LogP contribution in [0.25, 0.3) is 0 Å². The van der Waals surface area contributed by atoms with Gasteiger partial charge in [0.05, 0.1) is 25.8 Å². The number of hydrogen-bond acceptors (Lipinski definition) is 6. The summed E-state index contributed by atoms with van der Waals surface area (Å²) < 4.78 is 30.6. The minimum absolute atomic E-state index is 0.00170. The molecule has 2 aliphatic rings. The molecule has 1 aromatic rings. The van der Waals surface area contributed by atoms with Gasteiger partial charge in [-0.1, -0.05) is 6.92 Å². The summed E-state index contributed by atoms with van der Waals surface area (Å²) in [6.07, 6.45) is 3.11. The Labute approximate surface area is 154 Å². The molecule has 0 saturated carbocycles. The predicted molar refractivity (Wildman–Crippen MR) is 97.7 cm³/mol. The van der Waals surface area contributed by atoms with E-state index in [1.165, 1.54) is 10.6 Å². The first-order chi connectivity index (χ1) is 12.2.